The summed E-state index contributed by atoms with van der Waals surface area (Å²) < 4.78 is 6.69. The molecule has 3 amide bonds. The minimum absolute atomic E-state index is 0.134. The van der Waals surface area contributed by atoms with Crippen molar-refractivity contribution in [3.05, 3.63) is 71.9 Å². The summed E-state index contributed by atoms with van der Waals surface area (Å²) in [4.78, 5) is 39.3. The van der Waals surface area contributed by atoms with Crippen LogP contribution < -0.4 is 10.6 Å². The Morgan fingerprint density at radius 1 is 0.973 bits per heavy atom. The van der Waals surface area contributed by atoms with Crippen LogP contribution in [0.25, 0.3) is 5.69 Å². The van der Waals surface area contributed by atoms with Crippen LogP contribution in [0.2, 0.25) is 0 Å². The molecule has 3 rings (SSSR count). The second kappa shape index (κ2) is 12.2. The Kier molecular flexibility index (Phi) is 9.05. The molecular formula is C28H35N5O4. The fraction of sp³-hybridized carbons (Fsp3) is 0.357. The molecule has 9 nitrogen and oxygen atoms in total. The maximum atomic E-state index is 13.1. The molecule has 0 bridgehead atoms. The van der Waals surface area contributed by atoms with Crippen molar-refractivity contribution in [2.45, 2.75) is 46.5 Å². The minimum atomic E-state index is -0.422. The first-order chi connectivity index (χ1) is 17.6. The van der Waals surface area contributed by atoms with Gasteiger partial charge in [-0.25, -0.2) is 14.3 Å². The van der Waals surface area contributed by atoms with Gasteiger partial charge in [0, 0.05) is 23.7 Å². The van der Waals surface area contributed by atoms with Crippen LogP contribution in [0.1, 0.15) is 57.1 Å². The van der Waals surface area contributed by atoms with Crippen LogP contribution in [0.3, 0.4) is 0 Å². The van der Waals surface area contributed by atoms with Gasteiger partial charge in [-0.3, -0.25) is 4.79 Å². The number of urea groups is 1. The highest BCUT2D eigenvalue weighted by Crippen LogP contribution is 2.26. The first kappa shape index (κ1) is 27.4. The van der Waals surface area contributed by atoms with E-state index in [1.807, 2.05) is 43.3 Å². The Balaban J connectivity index is 1.72. The number of aromatic nitrogens is 2. The summed E-state index contributed by atoms with van der Waals surface area (Å²) in [6.07, 6.45) is 0.679. The third-order valence-electron chi connectivity index (χ3n) is 5.51. The number of rotatable bonds is 9. The largest absolute Gasteiger partial charge is 0.462 e. The summed E-state index contributed by atoms with van der Waals surface area (Å²) in [5, 5.41) is 10.4. The third kappa shape index (κ3) is 7.42. The number of esters is 1. The van der Waals surface area contributed by atoms with Crippen LogP contribution in [0.4, 0.5) is 16.3 Å². The van der Waals surface area contributed by atoms with Crippen LogP contribution in [-0.2, 0) is 14.9 Å². The highest BCUT2D eigenvalue weighted by molar-refractivity contribution is 5.97. The molecule has 0 saturated heterocycles. The Bertz CT molecular complexity index is 1210. The number of amides is 3. The summed E-state index contributed by atoms with van der Waals surface area (Å²) in [6, 6.07) is 17.4. The summed E-state index contributed by atoms with van der Waals surface area (Å²) in [7, 11) is 0. The maximum Gasteiger partial charge on any atom is 0.338 e. The van der Waals surface area contributed by atoms with Crippen molar-refractivity contribution in [2.24, 2.45) is 0 Å². The molecule has 9 heteroatoms. The molecule has 37 heavy (non-hydrogen) atoms. The second-order valence-corrected chi connectivity index (χ2v) is 9.61. The Morgan fingerprint density at radius 3 is 2.24 bits per heavy atom. The van der Waals surface area contributed by atoms with E-state index in [2.05, 4.69) is 31.4 Å². The lowest BCUT2D eigenvalue weighted by molar-refractivity contribution is -0.116. The van der Waals surface area contributed by atoms with Crippen LogP contribution in [-0.4, -0.2) is 52.3 Å². The maximum absolute atomic E-state index is 13.1. The predicted molar refractivity (Wildman–Crippen MR) is 144 cm³/mol. The second-order valence-electron chi connectivity index (χ2n) is 9.61. The fourth-order valence-electron chi connectivity index (χ4n) is 3.59. The average molecular weight is 506 g/mol. The lowest BCUT2D eigenvalue weighted by atomic mass is 9.92. The molecule has 0 saturated carbocycles. The van der Waals surface area contributed by atoms with Crippen molar-refractivity contribution in [1.82, 2.24) is 14.7 Å². The highest BCUT2D eigenvalue weighted by atomic mass is 16.5. The zero-order valence-electron chi connectivity index (χ0n) is 22.1. The van der Waals surface area contributed by atoms with E-state index in [1.165, 1.54) is 4.90 Å². The van der Waals surface area contributed by atoms with Gasteiger partial charge < -0.3 is 20.3 Å². The molecule has 2 aromatic carbocycles. The molecular weight excluding hydrogens is 470 g/mol. The molecule has 196 valence electrons. The van der Waals surface area contributed by atoms with Crippen molar-refractivity contribution in [1.29, 1.82) is 0 Å². The van der Waals surface area contributed by atoms with E-state index < -0.39 is 12.0 Å². The summed E-state index contributed by atoms with van der Waals surface area (Å²) in [5.41, 5.74) is 2.35. The number of hydrogen-bond donors (Lipinski definition) is 2. The first-order valence-corrected chi connectivity index (χ1v) is 12.4. The van der Waals surface area contributed by atoms with Gasteiger partial charge in [0.1, 0.15) is 12.4 Å². The van der Waals surface area contributed by atoms with Crippen molar-refractivity contribution in [3.63, 3.8) is 0 Å². The molecule has 0 aliphatic heterocycles. The molecule has 0 radical (unpaired) electrons. The molecule has 1 heterocycles. The predicted octanol–water partition coefficient (Wildman–Crippen LogP) is 5.23. The topological polar surface area (TPSA) is 106 Å². The zero-order valence-corrected chi connectivity index (χ0v) is 22.1. The van der Waals surface area contributed by atoms with Gasteiger partial charge in [0.15, 0.2) is 0 Å². The summed E-state index contributed by atoms with van der Waals surface area (Å²) in [5.74, 6) is -0.222. The van der Waals surface area contributed by atoms with Gasteiger partial charge in [-0.2, -0.15) is 5.10 Å². The van der Waals surface area contributed by atoms with Crippen molar-refractivity contribution >= 4 is 29.4 Å². The van der Waals surface area contributed by atoms with Crippen molar-refractivity contribution < 1.29 is 19.1 Å². The number of nitrogens with one attached hydrogen (secondary N) is 2. The van der Waals surface area contributed by atoms with Gasteiger partial charge in [0.25, 0.3) is 0 Å². The Labute approximate surface area is 217 Å². The molecule has 3 aromatic rings. The third-order valence-corrected chi connectivity index (χ3v) is 5.51. The monoisotopic (exact) mass is 505 g/mol. The van der Waals surface area contributed by atoms with E-state index in [0.717, 1.165) is 11.4 Å². The van der Waals surface area contributed by atoms with Gasteiger partial charge in [-0.1, -0.05) is 45.9 Å². The smallest absolute Gasteiger partial charge is 0.338 e. The van der Waals surface area contributed by atoms with E-state index >= 15 is 0 Å². The van der Waals surface area contributed by atoms with Gasteiger partial charge in [-0.15, -0.1) is 0 Å². The first-order valence-electron chi connectivity index (χ1n) is 12.4. The van der Waals surface area contributed by atoms with Crippen molar-refractivity contribution in [2.75, 3.05) is 30.3 Å². The van der Waals surface area contributed by atoms with Gasteiger partial charge in [-0.05, 0) is 49.7 Å². The van der Waals surface area contributed by atoms with Crippen LogP contribution in [0.15, 0.2) is 60.7 Å². The quantitative estimate of drug-likeness (QED) is 0.388. The fourth-order valence-corrected chi connectivity index (χ4v) is 3.59. The van der Waals surface area contributed by atoms with Gasteiger partial charge in [0.2, 0.25) is 5.91 Å². The Hall–Kier alpha value is -4.14. The van der Waals surface area contributed by atoms with Crippen LogP contribution in [0.5, 0.6) is 0 Å². The lowest BCUT2D eigenvalue weighted by Crippen LogP contribution is -2.41. The molecule has 0 atom stereocenters. The normalized spacial score (nSPS) is 11.1. The molecule has 2 N–H and O–H groups in total. The number of anilines is 2. The molecule has 1 aromatic heterocycles. The van der Waals surface area contributed by atoms with Crippen LogP contribution >= 0.6 is 0 Å². The molecule has 0 unspecified atom stereocenters. The standard InChI is InChI=1S/C28H35N5O4/c1-6-17-32(27(36)29-21-15-13-20(14-16-21)26(35)37-7-2)19-25(34)30-24-18-23(28(3,4)5)31-33(24)22-11-9-8-10-12-22/h8-16,18H,6-7,17,19H2,1-5H3,(H,29,36)(H,30,34). The molecule has 0 aliphatic carbocycles. The van der Waals surface area contributed by atoms with Crippen molar-refractivity contribution in [3.8, 4) is 5.69 Å². The van der Waals surface area contributed by atoms with E-state index in [4.69, 9.17) is 9.84 Å². The molecule has 0 spiro atoms. The van der Waals surface area contributed by atoms with E-state index in [1.54, 1.807) is 35.9 Å². The summed E-state index contributed by atoms with van der Waals surface area (Å²) in [6.45, 7) is 10.4. The summed E-state index contributed by atoms with van der Waals surface area (Å²) >= 11 is 0. The number of para-hydroxylation sites is 1. The van der Waals surface area contributed by atoms with Gasteiger partial charge in [0.05, 0.1) is 23.6 Å². The number of carbonyl (C=O) groups excluding carboxylic acids is 3. The molecule has 0 fully saturated rings. The minimum Gasteiger partial charge on any atom is -0.462 e. The van der Waals surface area contributed by atoms with E-state index in [9.17, 15) is 14.4 Å². The molecule has 0 aliphatic rings. The number of nitrogens with zero attached hydrogens (tertiary/aromatic N) is 3. The van der Waals surface area contributed by atoms with Gasteiger partial charge >= 0.3 is 12.0 Å². The average Bonchev–Trinajstić information content (AvgIpc) is 3.29. The number of ether oxygens (including phenoxy) is 1. The SMILES string of the molecule is CCCN(CC(=O)Nc1cc(C(C)(C)C)nn1-c1ccccc1)C(=O)Nc1ccc(C(=O)OCC)cc1. The van der Waals surface area contributed by atoms with E-state index in [0.29, 0.717) is 30.0 Å². The Morgan fingerprint density at radius 2 is 1.65 bits per heavy atom. The number of carbonyl (C=O) groups is 3. The number of hydrogen-bond acceptors (Lipinski definition) is 5. The number of benzene rings is 2. The highest BCUT2D eigenvalue weighted by Gasteiger charge is 2.23. The zero-order chi connectivity index (χ0) is 27.0. The van der Waals surface area contributed by atoms with Crippen LogP contribution in [0, 0.1) is 0 Å². The lowest BCUT2D eigenvalue weighted by Gasteiger charge is -2.22. The van der Waals surface area contributed by atoms with E-state index in [-0.39, 0.29) is 24.5 Å².